The van der Waals surface area contributed by atoms with E-state index in [1.165, 1.54) is 0 Å². The molecule has 0 bridgehead atoms. The van der Waals surface area contributed by atoms with Gasteiger partial charge in [-0.25, -0.2) is 13.8 Å². The summed E-state index contributed by atoms with van der Waals surface area (Å²) in [5.74, 6) is -0.986. The topological polar surface area (TPSA) is 38.9 Å². The van der Waals surface area contributed by atoms with Crippen molar-refractivity contribution in [1.29, 1.82) is 0 Å². The Morgan fingerprint density at radius 3 is 2.50 bits per heavy atom. The summed E-state index contributed by atoms with van der Waals surface area (Å²) in [5.41, 5.74) is 6.94. The van der Waals surface area contributed by atoms with Gasteiger partial charge in [0.05, 0.1) is 5.69 Å². The second-order valence-electron chi connectivity index (χ2n) is 3.91. The van der Waals surface area contributed by atoms with Crippen molar-refractivity contribution >= 4 is 10.9 Å². The van der Waals surface area contributed by atoms with Crippen LogP contribution < -0.4 is 5.73 Å². The highest BCUT2D eigenvalue weighted by molar-refractivity contribution is 5.83. The number of benzene rings is 1. The fourth-order valence-electron chi connectivity index (χ4n) is 1.71. The van der Waals surface area contributed by atoms with Crippen molar-refractivity contribution < 1.29 is 8.78 Å². The Hall–Kier alpha value is -1.55. The number of pyridine rings is 1. The third kappa shape index (κ3) is 1.65. The third-order valence-electron chi connectivity index (χ3n) is 2.54. The van der Waals surface area contributed by atoms with Crippen LogP contribution in [0, 0.1) is 18.6 Å². The molecule has 2 N–H and O–H groups in total. The lowest BCUT2D eigenvalue weighted by molar-refractivity contribution is 0.613. The highest BCUT2D eigenvalue weighted by Crippen LogP contribution is 2.24. The molecule has 1 aromatic carbocycles. The van der Waals surface area contributed by atoms with Crippen molar-refractivity contribution in [2.45, 2.75) is 19.9 Å². The van der Waals surface area contributed by atoms with E-state index in [0.29, 0.717) is 11.3 Å². The Morgan fingerprint density at radius 2 is 1.88 bits per heavy atom. The highest BCUT2D eigenvalue weighted by atomic mass is 19.1. The van der Waals surface area contributed by atoms with Gasteiger partial charge in [-0.15, -0.1) is 0 Å². The van der Waals surface area contributed by atoms with Crippen LogP contribution in [0.25, 0.3) is 10.9 Å². The molecule has 0 aliphatic rings. The molecule has 2 nitrogen and oxygen atoms in total. The summed E-state index contributed by atoms with van der Waals surface area (Å²) < 4.78 is 27.0. The molecule has 16 heavy (non-hydrogen) atoms. The number of hydrogen-bond donors (Lipinski definition) is 1. The number of aromatic nitrogens is 1. The van der Waals surface area contributed by atoms with E-state index in [1.807, 2.05) is 0 Å². The zero-order valence-corrected chi connectivity index (χ0v) is 9.09. The van der Waals surface area contributed by atoms with Crippen LogP contribution in [0.3, 0.4) is 0 Å². The first-order valence-electron chi connectivity index (χ1n) is 5.01. The van der Waals surface area contributed by atoms with Crippen LogP contribution in [0.4, 0.5) is 8.78 Å². The van der Waals surface area contributed by atoms with Crippen LogP contribution >= 0.6 is 0 Å². The minimum absolute atomic E-state index is 0.0484. The third-order valence-corrected chi connectivity index (χ3v) is 2.54. The molecular formula is C12H12F2N2. The first-order valence-corrected chi connectivity index (χ1v) is 5.01. The van der Waals surface area contributed by atoms with E-state index in [0.717, 1.165) is 12.1 Å². The van der Waals surface area contributed by atoms with E-state index >= 15 is 0 Å². The fourth-order valence-corrected chi connectivity index (χ4v) is 1.71. The number of fused-ring (bicyclic) bond motifs is 1. The van der Waals surface area contributed by atoms with Crippen molar-refractivity contribution in [3.63, 3.8) is 0 Å². The van der Waals surface area contributed by atoms with Gasteiger partial charge in [0.2, 0.25) is 0 Å². The van der Waals surface area contributed by atoms with E-state index < -0.39 is 11.6 Å². The van der Waals surface area contributed by atoms with E-state index in [-0.39, 0.29) is 16.9 Å². The molecule has 0 radical (unpaired) electrons. The molecule has 84 valence electrons. The van der Waals surface area contributed by atoms with Gasteiger partial charge in [-0.05, 0) is 37.6 Å². The van der Waals surface area contributed by atoms with Crippen molar-refractivity contribution in [1.82, 2.24) is 4.98 Å². The van der Waals surface area contributed by atoms with Gasteiger partial charge in [0.15, 0.2) is 0 Å². The number of halogens is 2. The molecule has 4 heteroatoms. The second kappa shape index (κ2) is 3.79. The van der Waals surface area contributed by atoms with Gasteiger partial charge < -0.3 is 5.73 Å². The molecule has 1 atom stereocenters. The van der Waals surface area contributed by atoms with Gasteiger partial charge in [-0.2, -0.15) is 0 Å². The Balaban J connectivity index is 2.86. The maximum absolute atomic E-state index is 13.5. The summed E-state index contributed by atoms with van der Waals surface area (Å²) in [7, 11) is 0. The predicted molar refractivity (Wildman–Crippen MR) is 59.0 cm³/mol. The first kappa shape index (κ1) is 11.0. The molecular weight excluding hydrogens is 210 g/mol. The zero-order chi connectivity index (χ0) is 11.9. The van der Waals surface area contributed by atoms with E-state index in [1.54, 1.807) is 19.9 Å². The van der Waals surface area contributed by atoms with Crippen molar-refractivity contribution in [3.05, 3.63) is 41.1 Å². The quantitative estimate of drug-likeness (QED) is 0.805. The lowest BCUT2D eigenvalue weighted by atomic mass is 10.1. The molecule has 1 aromatic heterocycles. The summed E-state index contributed by atoms with van der Waals surface area (Å²) in [4.78, 5) is 4.06. The van der Waals surface area contributed by atoms with Crippen LogP contribution in [0.5, 0.6) is 0 Å². The SMILES string of the molecule is Cc1cc(C(C)N)nc2c(F)ccc(F)c12. The molecule has 0 saturated heterocycles. The molecule has 2 aromatic rings. The molecule has 0 saturated carbocycles. The fraction of sp³-hybridized carbons (Fsp3) is 0.250. The monoisotopic (exact) mass is 222 g/mol. The van der Waals surface area contributed by atoms with Crippen molar-refractivity contribution in [2.24, 2.45) is 5.73 Å². The summed E-state index contributed by atoms with van der Waals surface area (Å²) in [6.45, 7) is 3.48. The maximum atomic E-state index is 13.5. The number of aryl methyl sites for hydroxylation is 1. The maximum Gasteiger partial charge on any atom is 0.149 e. The second-order valence-corrected chi connectivity index (χ2v) is 3.91. The minimum Gasteiger partial charge on any atom is -0.323 e. The lowest BCUT2D eigenvalue weighted by Gasteiger charge is -2.10. The largest absolute Gasteiger partial charge is 0.323 e. The molecule has 1 unspecified atom stereocenters. The molecule has 2 rings (SSSR count). The number of rotatable bonds is 1. The van der Waals surface area contributed by atoms with Gasteiger partial charge in [-0.1, -0.05) is 0 Å². The molecule has 0 spiro atoms. The normalized spacial score (nSPS) is 13.1. The average molecular weight is 222 g/mol. The van der Waals surface area contributed by atoms with Crippen molar-refractivity contribution in [2.75, 3.05) is 0 Å². The number of nitrogens with two attached hydrogens (primary N) is 1. The van der Waals surface area contributed by atoms with E-state index in [9.17, 15) is 8.78 Å². The van der Waals surface area contributed by atoms with E-state index in [4.69, 9.17) is 5.73 Å². The predicted octanol–water partition coefficient (Wildman–Crippen LogP) is 2.84. The van der Waals surface area contributed by atoms with Crippen LogP contribution in [0.1, 0.15) is 24.2 Å². The van der Waals surface area contributed by atoms with Crippen molar-refractivity contribution in [3.8, 4) is 0 Å². The Labute approximate surface area is 92.1 Å². The van der Waals surface area contributed by atoms with E-state index in [2.05, 4.69) is 4.98 Å². The summed E-state index contributed by atoms with van der Waals surface area (Å²) in [6.07, 6.45) is 0. The molecule has 0 amide bonds. The van der Waals surface area contributed by atoms with Crippen LogP contribution in [0.2, 0.25) is 0 Å². The Kier molecular flexibility index (Phi) is 2.59. The molecule has 0 fully saturated rings. The van der Waals surface area contributed by atoms with Gasteiger partial charge in [-0.3, -0.25) is 0 Å². The average Bonchev–Trinajstić information content (AvgIpc) is 2.22. The van der Waals surface area contributed by atoms with Gasteiger partial charge >= 0.3 is 0 Å². The zero-order valence-electron chi connectivity index (χ0n) is 9.09. The summed E-state index contributed by atoms with van der Waals surface area (Å²) in [6, 6.07) is 3.58. The Bertz CT molecular complexity index is 550. The standard InChI is InChI=1S/C12H12F2N2/c1-6-5-10(7(2)15)16-12-9(14)4-3-8(13)11(6)12/h3-5,7H,15H2,1-2H3. The van der Waals surface area contributed by atoms with Crippen LogP contribution in [0.15, 0.2) is 18.2 Å². The van der Waals surface area contributed by atoms with Crippen LogP contribution in [-0.4, -0.2) is 4.98 Å². The molecule has 1 heterocycles. The summed E-state index contributed by atoms with van der Waals surface area (Å²) >= 11 is 0. The smallest absolute Gasteiger partial charge is 0.149 e. The highest BCUT2D eigenvalue weighted by Gasteiger charge is 2.12. The van der Waals surface area contributed by atoms with Gasteiger partial charge in [0, 0.05) is 11.4 Å². The van der Waals surface area contributed by atoms with Gasteiger partial charge in [0.25, 0.3) is 0 Å². The Morgan fingerprint density at radius 1 is 1.25 bits per heavy atom. The lowest BCUT2D eigenvalue weighted by Crippen LogP contribution is -2.08. The number of nitrogens with zero attached hydrogens (tertiary/aromatic N) is 1. The minimum atomic E-state index is -0.526. The molecule has 0 aliphatic carbocycles. The first-order chi connectivity index (χ1) is 7.50. The van der Waals surface area contributed by atoms with Crippen LogP contribution in [-0.2, 0) is 0 Å². The van der Waals surface area contributed by atoms with Gasteiger partial charge in [0.1, 0.15) is 17.2 Å². The molecule has 0 aliphatic heterocycles. The summed E-state index contributed by atoms with van der Waals surface area (Å²) in [5, 5.41) is 0.226. The number of hydrogen-bond acceptors (Lipinski definition) is 2.